The van der Waals surface area contributed by atoms with Crippen molar-refractivity contribution >= 4 is 17.4 Å². The molecule has 0 bridgehead atoms. The van der Waals surface area contributed by atoms with Gasteiger partial charge in [-0.25, -0.2) is 4.68 Å². The van der Waals surface area contributed by atoms with Crippen LogP contribution in [-0.2, 0) is 0 Å². The maximum absolute atomic E-state index is 8.82. The SMILES string of the molecule is CC(C)c1ccn(-c2cc(Cl)ccc2C(N)=NO)n1. The highest BCUT2D eigenvalue weighted by atomic mass is 35.5. The molecular weight excluding hydrogens is 264 g/mol. The Morgan fingerprint density at radius 3 is 2.74 bits per heavy atom. The van der Waals surface area contributed by atoms with E-state index in [0.29, 0.717) is 22.2 Å². The third-order valence-corrected chi connectivity index (χ3v) is 3.03. The van der Waals surface area contributed by atoms with E-state index in [4.69, 9.17) is 22.5 Å². The molecule has 0 aliphatic heterocycles. The molecule has 2 aromatic rings. The molecule has 2 rings (SSSR count). The first-order valence-corrected chi connectivity index (χ1v) is 6.24. The predicted octanol–water partition coefficient (Wildman–Crippen LogP) is 2.74. The molecular formula is C13H15ClN4O. The van der Waals surface area contributed by atoms with E-state index >= 15 is 0 Å². The summed E-state index contributed by atoms with van der Waals surface area (Å²) in [5.74, 6) is 0.348. The highest BCUT2D eigenvalue weighted by Gasteiger charge is 2.12. The Morgan fingerprint density at radius 1 is 1.42 bits per heavy atom. The fourth-order valence-electron chi connectivity index (χ4n) is 1.74. The minimum atomic E-state index is 0.0215. The average molecular weight is 279 g/mol. The molecule has 0 fully saturated rings. The van der Waals surface area contributed by atoms with E-state index in [9.17, 15) is 0 Å². The number of nitrogens with zero attached hydrogens (tertiary/aromatic N) is 3. The first-order chi connectivity index (χ1) is 9.02. The summed E-state index contributed by atoms with van der Waals surface area (Å²) < 4.78 is 1.68. The van der Waals surface area contributed by atoms with Crippen molar-refractivity contribution in [3.63, 3.8) is 0 Å². The number of aromatic nitrogens is 2. The molecule has 0 radical (unpaired) electrons. The van der Waals surface area contributed by atoms with Crippen molar-refractivity contribution in [2.45, 2.75) is 19.8 Å². The third kappa shape index (κ3) is 2.71. The quantitative estimate of drug-likeness (QED) is 0.392. The number of hydrogen-bond donors (Lipinski definition) is 2. The van der Waals surface area contributed by atoms with Crippen molar-refractivity contribution in [2.75, 3.05) is 0 Å². The van der Waals surface area contributed by atoms with Crippen molar-refractivity contribution in [3.05, 3.63) is 46.7 Å². The molecule has 1 heterocycles. The zero-order chi connectivity index (χ0) is 14.0. The van der Waals surface area contributed by atoms with Gasteiger partial charge in [0, 0.05) is 16.8 Å². The van der Waals surface area contributed by atoms with Gasteiger partial charge < -0.3 is 10.9 Å². The molecule has 0 amide bonds. The summed E-state index contributed by atoms with van der Waals surface area (Å²) >= 11 is 6.00. The standard InChI is InChI=1S/C13H15ClN4O/c1-8(2)11-5-6-18(16-11)12-7-9(14)3-4-10(12)13(15)17-19/h3-8,19H,1-2H3,(H2,15,17). The van der Waals surface area contributed by atoms with Gasteiger partial charge in [-0.2, -0.15) is 5.10 Å². The van der Waals surface area contributed by atoms with Gasteiger partial charge in [-0.1, -0.05) is 30.6 Å². The van der Waals surface area contributed by atoms with Crippen LogP contribution < -0.4 is 5.73 Å². The molecule has 1 aromatic carbocycles. The Bertz CT molecular complexity index is 619. The highest BCUT2D eigenvalue weighted by Crippen LogP contribution is 2.21. The second kappa shape index (κ2) is 5.32. The molecule has 0 atom stereocenters. The maximum atomic E-state index is 8.82. The number of nitrogens with two attached hydrogens (primary N) is 1. The van der Waals surface area contributed by atoms with Crippen LogP contribution in [0.2, 0.25) is 5.02 Å². The predicted molar refractivity (Wildman–Crippen MR) is 75.2 cm³/mol. The Labute approximate surface area is 116 Å². The summed E-state index contributed by atoms with van der Waals surface area (Å²) in [6, 6.07) is 7.04. The number of halogens is 1. The van der Waals surface area contributed by atoms with Gasteiger partial charge in [0.1, 0.15) is 0 Å². The minimum absolute atomic E-state index is 0.0215. The van der Waals surface area contributed by atoms with E-state index in [1.165, 1.54) is 0 Å². The summed E-state index contributed by atoms with van der Waals surface area (Å²) in [5.41, 5.74) is 7.88. The highest BCUT2D eigenvalue weighted by molar-refractivity contribution is 6.31. The molecule has 1 aromatic heterocycles. The molecule has 0 unspecified atom stereocenters. The van der Waals surface area contributed by atoms with Gasteiger partial charge in [0.05, 0.1) is 11.4 Å². The second-order valence-electron chi connectivity index (χ2n) is 4.49. The maximum Gasteiger partial charge on any atom is 0.172 e. The molecule has 0 spiro atoms. The summed E-state index contributed by atoms with van der Waals surface area (Å²) in [7, 11) is 0. The van der Waals surface area contributed by atoms with Gasteiger partial charge >= 0.3 is 0 Å². The molecule has 5 nitrogen and oxygen atoms in total. The van der Waals surface area contributed by atoms with E-state index in [1.807, 2.05) is 12.3 Å². The molecule has 3 N–H and O–H groups in total. The first-order valence-electron chi connectivity index (χ1n) is 5.86. The minimum Gasteiger partial charge on any atom is -0.409 e. The summed E-state index contributed by atoms with van der Waals surface area (Å²) in [5, 5.41) is 16.9. The van der Waals surface area contributed by atoms with E-state index in [2.05, 4.69) is 24.1 Å². The Hall–Kier alpha value is -2.01. The van der Waals surface area contributed by atoms with E-state index in [0.717, 1.165) is 5.69 Å². The zero-order valence-corrected chi connectivity index (χ0v) is 11.5. The lowest BCUT2D eigenvalue weighted by Crippen LogP contribution is -2.16. The van der Waals surface area contributed by atoms with Gasteiger partial charge in [-0.05, 0) is 30.2 Å². The lowest BCUT2D eigenvalue weighted by atomic mass is 10.1. The number of rotatable bonds is 3. The number of amidine groups is 1. The molecule has 19 heavy (non-hydrogen) atoms. The van der Waals surface area contributed by atoms with Crippen LogP contribution in [0.4, 0.5) is 0 Å². The molecule has 0 aliphatic rings. The normalized spacial score (nSPS) is 12.1. The van der Waals surface area contributed by atoms with Crippen molar-refractivity contribution in [3.8, 4) is 5.69 Å². The Morgan fingerprint density at radius 2 is 2.16 bits per heavy atom. The Balaban J connectivity index is 2.56. The summed E-state index contributed by atoms with van der Waals surface area (Å²) in [4.78, 5) is 0. The average Bonchev–Trinajstić information content (AvgIpc) is 2.87. The van der Waals surface area contributed by atoms with Crippen molar-refractivity contribution in [1.29, 1.82) is 0 Å². The van der Waals surface area contributed by atoms with Crippen LogP contribution in [0.15, 0.2) is 35.6 Å². The van der Waals surface area contributed by atoms with E-state index in [-0.39, 0.29) is 5.84 Å². The largest absolute Gasteiger partial charge is 0.409 e. The molecule has 6 heteroatoms. The van der Waals surface area contributed by atoms with Crippen LogP contribution in [0, 0.1) is 0 Å². The van der Waals surface area contributed by atoms with Gasteiger partial charge in [0.2, 0.25) is 0 Å². The van der Waals surface area contributed by atoms with Gasteiger partial charge in [0.25, 0.3) is 0 Å². The van der Waals surface area contributed by atoms with Crippen LogP contribution >= 0.6 is 11.6 Å². The van der Waals surface area contributed by atoms with Gasteiger partial charge in [0.15, 0.2) is 5.84 Å². The molecule has 100 valence electrons. The number of hydrogen-bond acceptors (Lipinski definition) is 3. The van der Waals surface area contributed by atoms with Crippen LogP contribution in [0.5, 0.6) is 0 Å². The second-order valence-corrected chi connectivity index (χ2v) is 4.92. The number of benzene rings is 1. The zero-order valence-electron chi connectivity index (χ0n) is 10.7. The molecule has 0 saturated heterocycles. The lowest BCUT2D eigenvalue weighted by molar-refractivity contribution is 0.318. The van der Waals surface area contributed by atoms with Crippen LogP contribution in [0.3, 0.4) is 0 Å². The van der Waals surface area contributed by atoms with Gasteiger partial charge in [-0.3, -0.25) is 0 Å². The van der Waals surface area contributed by atoms with Crippen molar-refractivity contribution in [1.82, 2.24) is 9.78 Å². The van der Waals surface area contributed by atoms with E-state index in [1.54, 1.807) is 22.9 Å². The summed E-state index contributed by atoms with van der Waals surface area (Å²) in [6.07, 6.45) is 1.83. The van der Waals surface area contributed by atoms with Crippen molar-refractivity contribution < 1.29 is 5.21 Å². The lowest BCUT2D eigenvalue weighted by Gasteiger charge is -2.09. The fraction of sp³-hybridized carbons (Fsp3) is 0.231. The van der Waals surface area contributed by atoms with E-state index < -0.39 is 0 Å². The molecule has 0 aliphatic carbocycles. The Kier molecular flexibility index (Phi) is 3.76. The van der Waals surface area contributed by atoms with Crippen molar-refractivity contribution in [2.24, 2.45) is 10.9 Å². The van der Waals surface area contributed by atoms with Crippen LogP contribution in [-0.4, -0.2) is 20.8 Å². The number of oxime groups is 1. The molecule has 0 saturated carbocycles. The fourth-order valence-corrected chi connectivity index (χ4v) is 1.91. The monoisotopic (exact) mass is 278 g/mol. The first kappa shape index (κ1) is 13.4. The summed E-state index contributed by atoms with van der Waals surface area (Å²) in [6.45, 7) is 4.13. The third-order valence-electron chi connectivity index (χ3n) is 2.79. The topological polar surface area (TPSA) is 76.4 Å². The smallest absolute Gasteiger partial charge is 0.172 e. The van der Waals surface area contributed by atoms with Gasteiger partial charge in [-0.15, -0.1) is 0 Å². The van der Waals surface area contributed by atoms with Crippen LogP contribution in [0.1, 0.15) is 31.0 Å². The van der Waals surface area contributed by atoms with Crippen LogP contribution in [0.25, 0.3) is 5.69 Å².